The van der Waals surface area contributed by atoms with E-state index < -0.39 is 6.10 Å². The molecule has 1 atom stereocenters. The monoisotopic (exact) mass is 129 g/mol. The molecule has 0 aromatic rings. The molecule has 2 nitrogen and oxygen atoms in total. The van der Waals surface area contributed by atoms with Crippen molar-refractivity contribution in [2.45, 2.75) is 33.3 Å². The molecule has 1 unspecified atom stereocenters. The van der Waals surface area contributed by atoms with Crippen LogP contribution in [0.5, 0.6) is 0 Å². The summed E-state index contributed by atoms with van der Waals surface area (Å²) in [5, 5.41) is 16.4. The quantitative estimate of drug-likeness (QED) is 0.556. The Hall–Kier alpha value is -0.370. The third kappa shape index (κ3) is 2.61. The zero-order valence-corrected chi connectivity index (χ0v) is 6.31. The molecule has 0 aliphatic carbocycles. The van der Waals surface area contributed by atoms with Gasteiger partial charge in [-0.05, 0) is 12.3 Å². The summed E-state index contributed by atoms with van der Waals surface area (Å²) >= 11 is 0. The van der Waals surface area contributed by atoms with Crippen LogP contribution in [-0.4, -0.2) is 16.9 Å². The van der Waals surface area contributed by atoms with Crippen molar-refractivity contribution in [3.05, 3.63) is 0 Å². The number of aliphatic hydroxyl groups is 1. The van der Waals surface area contributed by atoms with Crippen molar-refractivity contribution >= 4 is 5.71 Å². The van der Waals surface area contributed by atoms with Crippen molar-refractivity contribution in [1.29, 1.82) is 5.41 Å². The fourth-order valence-corrected chi connectivity index (χ4v) is 0.605. The topological polar surface area (TPSA) is 44.1 Å². The Balaban J connectivity index is 3.73. The van der Waals surface area contributed by atoms with Gasteiger partial charge in [0.05, 0.1) is 6.10 Å². The van der Waals surface area contributed by atoms with Crippen LogP contribution < -0.4 is 0 Å². The second kappa shape index (κ2) is 3.62. The molecule has 0 spiro atoms. The summed E-state index contributed by atoms with van der Waals surface area (Å²) < 4.78 is 0. The maximum atomic E-state index is 9.07. The van der Waals surface area contributed by atoms with Crippen LogP contribution in [0.15, 0.2) is 0 Å². The normalized spacial score (nSPS) is 13.9. The highest BCUT2D eigenvalue weighted by Crippen LogP contribution is 2.02. The van der Waals surface area contributed by atoms with E-state index in [1.807, 2.05) is 20.8 Å². The van der Waals surface area contributed by atoms with Crippen LogP contribution >= 0.6 is 0 Å². The fourth-order valence-electron chi connectivity index (χ4n) is 0.605. The molecule has 0 fully saturated rings. The maximum Gasteiger partial charge on any atom is 0.0913 e. The zero-order valence-electron chi connectivity index (χ0n) is 6.31. The second-order valence-electron chi connectivity index (χ2n) is 2.53. The first-order valence-corrected chi connectivity index (χ1v) is 3.36. The Labute approximate surface area is 56.4 Å². The number of nitrogens with one attached hydrogen (secondary N) is 1. The Morgan fingerprint density at radius 2 is 2.00 bits per heavy atom. The van der Waals surface area contributed by atoms with Crippen LogP contribution in [0.2, 0.25) is 0 Å². The van der Waals surface area contributed by atoms with Gasteiger partial charge in [-0.3, -0.25) is 0 Å². The van der Waals surface area contributed by atoms with Gasteiger partial charge in [0.15, 0.2) is 0 Å². The van der Waals surface area contributed by atoms with Gasteiger partial charge < -0.3 is 10.5 Å². The van der Waals surface area contributed by atoms with Crippen LogP contribution in [0.1, 0.15) is 27.2 Å². The van der Waals surface area contributed by atoms with E-state index in [2.05, 4.69) is 0 Å². The number of hydrogen-bond acceptors (Lipinski definition) is 2. The second-order valence-corrected chi connectivity index (χ2v) is 2.53. The van der Waals surface area contributed by atoms with Crippen LogP contribution in [0.4, 0.5) is 0 Å². The lowest BCUT2D eigenvalue weighted by molar-refractivity contribution is 0.231. The molecule has 2 N–H and O–H groups in total. The molecule has 9 heavy (non-hydrogen) atoms. The molecule has 0 amide bonds. The minimum Gasteiger partial charge on any atom is -0.387 e. The average molecular weight is 129 g/mol. The molecule has 0 rings (SSSR count). The average Bonchev–Trinajstić information content (AvgIpc) is 1.84. The molecule has 2 heteroatoms. The smallest absolute Gasteiger partial charge is 0.0913 e. The van der Waals surface area contributed by atoms with Crippen molar-refractivity contribution in [3.63, 3.8) is 0 Å². The third-order valence-corrected chi connectivity index (χ3v) is 1.37. The highest BCUT2D eigenvalue weighted by Gasteiger charge is 2.10. The summed E-state index contributed by atoms with van der Waals surface area (Å²) in [4.78, 5) is 0. The Bertz CT molecular complexity index is 99.1. The summed E-state index contributed by atoms with van der Waals surface area (Å²) in [6, 6.07) is 0. The van der Waals surface area contributed by atoms with Crippen LogP contribution in [0, 0.1) is 11.3 Å². The molecule has 0 aromatic heterocycles. The van der Waals surface area contributed by atoms with E-state index in [9.17, 15) is 0 Å². The van der Waals surface area contributed by atoms with Crippen molar-refractivity contribution < 1.29 is 5.11 Å². The van der Waals surface area contributed by atoms with Crippen LogP contribution in [-0.2, 0) is 0 Å². The predicted molar refractivity (Wildman–Crippen MR) is 38.9 cm³/mol. The largest absolute Gasteiger partial charge is 0.387 e. The molecule has 0 bridgehead atoms. The Morgan fingerprint density at radius 1 is 1.56 bits per heavy atom. The van der Waals surface area contributed by atoms with Gasteiger partial charge in [-0.2, -0.15) is 0 Å². The molecule has 0 aliphatic rings. The third-order valence-electron chi connectivity index (χ3n) is 1.37. The van der Waals surface area contributed by atoms with Crippen LogP contribution in [0.3, 0.4) is 0 Å². The SMILES string of the molecule is CCC(O)C(=N)C(C)C. The van der Waals surface area contributed by atoms with Crippen LogP contribution in [0.25, 0.3) is 0 Å². The summed E-state index contributed by atoms with van der Waals surface area (Å²) in [6.07, 6.45) is 0.127. The molecule has 54 valence electrons. The van der Waals surface area contributed by atoms with E-state index in [-0.39, 0.29) is 5.92 Å². The molecule has 0 heterocycles. The van der Waals surface area contributed by atoms with Crippen molar-refractivity contribution in [1.82, 2.24) is 0 Å². The highest BCUT2D eigenvalue weighted by molar-refractivity contribution is 5.87. The van der Waals surface area contributed by atoms with E-state index >= 15 is 0 Å². The first-order valence-electron chi connectivity index (χ1n) is 3.36. The number of aliphatic hydroxyl groups excluding tert-OH is 1. The van der Waals surface area contributed by atoms with E-state index in [0.29, 0.717) is 12.1 Å². The first kappa shape index (κ1) is 8.63. The molecule has 0 aliphatic heterocycles. The van der Waals surface area contributed by atoms with Gasteiger partial charge >= 0.3 is 0 Å². The Morgan fingerprint density at radius 3 is 2.11 bits per heavy atom. The molecule has 0 saturated heterocycles. The van der Waals surface area contributed by atoms with E-state index in [1.165, 1.54) is 0 Å². The lowest BCUT2D eigenvalue weighted by atomic mass is 10.0. The minimum atomic E-state index is -0.523. The van der Waals surface area contributed by atoms with Gasteiger partial charge in [-0.15, -0.1) is 0 Å². The summed E-state index contributed by atoms with van der Waals surface area (Å²) in [5.41, 5.74) is 0.442. The lowest BCUT2D eigenvalue weighted by Crippen LogP contribution is -2.23. The molecule has 0 saturated carbocycles. The van der Waals surface area contributed by atoms with Gasteiger partial charge in [-0.1, -0.05) is 20.8 Å². The predicted octanol–water partition coefficient (Wildman–Crippen LogP) is 1.43. The number of rotatable bonds is 3. The first-order chi connectivity index (χ1) is 4.09. The van der Waals surface area contributed by atoms with Gasteiger partial charge in [0.1, 0.15) is 0 Å². The lowest BCUT2D eigenvalue weighted by Gasteiger charge is -2.11. The van der Waals surface area contributed by atoms with Gasteiger partial charge in [-0.25, -0.2) is 0 Å². The van der Waals surface area contributed by atoms with Gasteiger partial charge in [0.25, 0.3) is 0 Å². The summed E-state index contributed by atoms with van der Waals surface area (Å²) in [6.45, 7) is 5.71. The highest BCUT2D eigenvalue weighted by atomic mass is 16.3. The minimum absolute atomic E-state index is 0.181. The van der Waals surface area contributed by atoms with Gasteiger partial charge in [0.2, 0.25) is 0 Å². The molecule has 0 radical (unpaired) electrons. The summed E-state index contributed by atoms with van der Waals surface area (Å²) in [7, 11) is 0. The van der Waals surface area contributed by atoms with E-state index in [1.54, 1.807) is 0 Å². The van der Waals surface area contributed by atoms with Crippen molar-refractivity contribution in [2.75, 3.05) is 0 Å². The Kier molecular flexibility index (Phi) is 3.47. The molecular weight excluding hydrogens is 114 g/mol. The number of hydrogen-bond donors (Lipinski definition) is 2. The van der Waals surface area contributed by atoms with E-state index in [4.69, 9.17) is 10.5 Å². The standard InChI is InChI=1S/C7H15NO/c1-4-6(9)7(8)5(2)3/h5-6,8-9H,4H2,1-3H3. The fraction of sp³-hybridized carbons (Fsp3) is 0.857. The molecular formula is C7H15NO. The van der Waals surface area contributed by atoms with Crippen molar-refractivity contribution in [3.8, 4) is 0 Å². The van der Waals surface area contributed by atoms with E-state index in [0.717, 1.165) is 0 Å². The maximum absolute atomic E-state index is 9.07. The summed E-state index contributed by atoms with van der Waals surface area (Å²) in [5.74, 6) is 0.181. The van der Waals surface area contributed by atoms with Gasteiger partial charge in [0, 0.05) is 5.71 Å². The zero-order chi connectivity index (χ0) is 7.44. The molecule has 0 aromatic carbocycles. The van der Waals surface area contributed by atoms with Crippen molar-refractivity contribution in [2.24, 2.45) is 5.92 Å².